The lowest BCUT2D eigenvalue weighted by Gasteiger charge is -2.21. The van der Waals surface area contributed by atoms with Crippen LogP contribution in [0.2, 0.25) is 0 Å². The van der Waals surface area contributed by atoms with Gasteiger partial charge in [0.25, 0.3) is 16.0 Å². The zero-order valence-corrected chi connectivity index (χ0v) is 16.1. The Morgan fingerprint density at radius 3 is 2.75 bits per heavy atom. The van der Waals surface area contributed by atoms with E-state index < -0.39 is 26.5 Å². The fourth-order valence-corrected chi connectivity index (χ4v) is 7.40. The molecule has 1 amide bonds. The van der Waals surface area contributed by atoms with Crippen molar-refractivity contribution < 1.29 is 17.8 Å². The molecule has 0 radical (unpaired) electrons. The van der Waals surface area contributed by atoms with Gasteiger partial charge in [-0.2, -0.15) is 8.42 Å². The lowest BCUT2D eigenvalue weighted by atomic mass is 10.2. The number of anilines is 1. The second-order valence-corrected chi connectivity index (χ2v) is 10.6. The number of thioether (sulfide) groups is 1. The summed E-state index contributed by atoms with van der Waals surface area (Å²) in [5, 5.41) is 0. The number of carbonyl (C=O) groups excluding carboxylic acids is 1. The largest absolute Gasteiger partial charge is 0.320 e. The summed E-state index contributed by atoms with van der Waals surface area (Å²) in [5.41, 5.74) is 2.33. The summed E-state index contributed by atoms with van der Waals surface area (Å²) in [6, 6.07) is 8.07. The molecule has 0 aliphatic carbocycles. The zero-order valence-electron chi connectivity index (χ0n) is 12.8. The molecule has 1 fully saturated rings. The minimum absolute atomic E-state index is 0.122. The Morgan fingerprint density at radius 1 is 1.38 bits per heavy atom. The van der Waals surface area contributed by atoms with Crippen molar-refractivity contribution in [3.8, 4) is 0 Å². The summed E-state index contributed by atoms with van der Waals surface area (Å²) in [5.74, 6) is -0.00588. The lowest BCUT2D eigenvalue weighted by Crippen LogP contribution is -2.34. The highest BCUT2D eigenvalue weighted by molar-refractivity contribution is 8.45. The highest BCUT2D eigenvalue weighted by atomic mass is 32.2. The number of carbonyl (C=O) groups is 1. The fraction of sp³-hybridized carbons (Fsp3) is 0.357. The van der Waals surface area contributed by atoms with Crippen LogP contribution in [0.5, 0.6) is 0 Å². The molecule has 24 heavy (non-hydrogen) atoms. The minimum Gasteiger partial charge on any atom is -0.320 e. The summed E-state index contributed by atoms with van der Waals surface area (Å²) in [7, 11) is -4.55. The number of nitrogens with zero attached hydrogens (tertiary/aromatic N) is 2. The summed E-state index contributed by atoms with van der Waals surface area (Å²) in [6.45, 7) is 2.69. The number of hydrogen-bond donors (Lipinski definition) is 1. The first kappa shape index (κ1) is 17.9. The van der Waals surface area contributed by atoms with E-state index in [9.17, 15) is 13.2 Å². The second kappa shape index (κ2) is 6.75. The van der Waals surface area contributed by atoms with Crippen molar-refractivity contribution in [3.05, 3.63) is 29.8 Å². The monoisotopic (exact) mass is 404 g/mol. The molecule has 6 nitrogen and oxygen atoms in total. The molecule has 1 aromatic rings. The van der Waals surface area contributed by atoms with Gasteiger partial charge in [0.05, 0.1) is 11.4 Å². The third kappa shape index (κ3) is 3.38. The molecule has 2 aliphatic rings. The molecule has 3 rings (SSSR count). The topological polar surface area (TPSA) is 77.9 Å². The van der Waals surface area contributed by atoms with Crippen LogP contribution in [0.4, 0.5) is 5.69 Å². The molecule has 1 aromatic carbocycles. The van der Waals surface area contributed by atoms with Gasteiger partial charge in [0, 0.05) is 18.8 Å². The molecular formula is C14H16N2O4S4. The smallest absolute Gasteiger partial charge is 0.273 e. The van der Waals surface area contributed by atoms with Gasteiger partial charge in [0.2, 0.25) is 0 Å². The van der Waals surface area contributed by atoms with Gasteiger partial charge in [0.1, 0.15) is 8.52 Å². The average Bonchev–Trinajstić information content (AvgIpc) is 3.02. The molecule has 2 heterocycles. The van der Waals surface area contributed by atoms with Crippen LogP contribution in [0, 0.1) is 0 Å². The van der Waals surface area contributed by atoms with E-state index in [4.69, 9.17) is 16.8 Å². The predicted molar refractivity (Wildman–Crippen MR) is 104 cm³/mol. The van der Waals surface area contributed by atoms with Gasteiger partial charge in [0.15, 0.2) is 0 Å². The predicted octanol–water partition coefficient (Wildman–Crippen LogP) is 2.09. The molecule has 1 saturated heterocycles. The minimum atomic E-state index is -4.13. The molecule has 1 atom stereocenters. The SMILES string of the molecule is CCN1c2ccccc2CS1=C1SC(=S)N(CCS(=O)(=O)O)C1=O. The first-order valence-corrected chi connectivity index (χ1v) is 11.4. The molecule has 10 heteroatoms. The lowest BCUT2D eigenvalue weighted by molar-refractivity contribution is -0.119. The molecule has 0 spiro atoms. The van der Waals surface area contributed by atoms with Crippen molar-refractivity contribution in [3.63, 3.8) is 0 Å². The molecule has 0 bridgehead atoms. The quantitative estimate of drug-likeness (QED) is 0.608. The van der Waals surface area contributed by atoms with E-state index >= 15 is 0 Å². The van der Waals surface area contributed by atoms with E-state index in [2.05, 4.69) is 10.4 Å². The van der Waals surface area contributed by atoms with Crippen molar-refractivity contribution in [2.75, 3.05) is 23.1 Å². The van der Waals surface area contributed by atoms with Crippen molar-refractivity contribution in [2.24, 2.45) is 0 Å². The van der Waals surface area contributed by atoms with E-state index in [1.54, 1.807) is 0 Å². The van der Waals surface area contributed by atoms with Gasteiger partial charge in [-0.05, 0) is 30.3 Å². The number of thiocarbonyl (C=S) groups is 1. The summed E-state index contributed by atoms with van der Waals surface area (Å²) in [6.07, 6.45) is 0. The van der Waals surface area contributed by atoms with Crippen LogP contribution in [0.1, 0.15) is 12.5 Å². The highest BCUT2D eigenvalue weighted by Gasteiger charge is 2.37. The summed E-state index contributed by atoms with van der Waals surface area (Å²) in [4.78, 5) is 14.0. The molecule has 130 valence electrons. The van der Waals surface area contributed by atoms with Crippen molar-refractivity contribution >= 4 is 64.9 Å². The Bertz CT molecular complexity index is 850. The zero-order chi connectivity index (χ0) is 17.5. The molecular weight excluding hydrogens is 388 g/mol. The van der Waals surface area contributed by atoms with E-state index in [0.29, 0.717) is 8.52 Å². The number of rotatable bonds is 4. The normalized spacial score (nSPS) is 22.4. The van der Waals surface area contributed by atoms with E-state index in [1.807, 2.05) is 25.1 Å². The third-order valence-corrected chi connectivity index (χ3v) is 8.64. The Labute approximate surface area is 153 Å². The second-order valence-electron chi connectivity index (χ2n) is 5.23. The van der Waals surface area contributed by atoms with E-state index in [-0.39, 0.29) is 12.5 Å². The van der Waals surface area contributed by atoms with Gasteiger partial charge in [-0.3, -0.25) is 14.2 Å². The summed E-state index contributed by atoms with van der Waals surface area (Å²) < 4.78 is 34.0. The number of para-hydroxylation sites is 1. The highest BCUT2D eigenvalue weighted by Crippen LogP contribution is 2.46. The van der Waals surface area contributed by atoms with Crippen LogP contribution in [0.15, 0.2) is 24.3 Å². The number of benzene rings is 1. The maximum absolute atomic E-state index is 12.7. The van der Waals surface area contributed by atoms with Crippen LogP contribution in [-0.4, -0.2) is 51.1 Å². The van der Waals surface area contributed by atoms with Crippen LogP contribution in [-0.2, 0) is 20.7 Å². The first-order valence-electron chi connectivity index (χ1n) is 7.24. The first-order chi connectivity index (χ1) is 11.3. The van der Waals surface area contributed by atoms with Gasteiger partial charge >= 0.3 is 0 Å². The maximum atomic E-state index is 12.7. The van der Waals surface area contributed by atoms with Crippen LogP contribution >= 0.6 is 34.6 Å². The van der Waals surface area contributed by atoms with Crippen molar-refractivity contribution in [1.29, 1.82) is 0 Å². The van der Waals surface area contributed by atoms with Crippen molar-refractivity contribution in [1.82, 2.24) is 4.90 Å². The van der Waals surface area contributed by atoms with Crippen LogP contribution < -0.4 is 4.31 Å². The summed E-state index contributed by atoms with van der Waals surface area (Å²) >= 11 is 6.47. The van der Waals surface area contributed by atoms with Gasteiger partial charge in [-0.15, -0.1) is 0 Å². The third-order valence-electron chi connectivity index (χ3n) is 3.71. The van der Waals surface area contributed by atoms with Gasteiger partial charge in [-0.1, -0.05) is 41.1 Å². The van der Waals surface area contributed by atoms with Crippen LogP contribution in [0.3, 0.4) is 0 Å². The van der Waals surface area contributed by atoms with E-state index in [0.717, 1.165) is 18.0 Å². The van der Waals surface area contributed by atoms with Crippen LogP contribution in [0.25, 0.3) is 0 Å². The molecule has 0 aromatic heterocycles. The molecule has 1 N–H and O–H groups in total. The molecule has 2 aliphatic heterocycles. The van der Waals surface area contributed by atoms with Gasteiger partial charge < -0.3 is 4.31 Å². The Hall–Kier alpha value is -0.940. The Kier molecular flexibility index (Phi) is 5.03. The van der Waals surface area contributed by atoms with Crippen molar-refractivity contribution in [2.45, 2.75) is 12.7 Å². The number of hydrogen-bond acceptors (Lipinski definition) is 6. The molecule has 0 saturated carbocycles. The van der Waals surface area contributed by atoms with E-state index in [1.165, 1.54) is 22.2 Å². The Balaban J connectivity index is 1.91. The number of amides is 1. The standard InChI is InChI=1S/C14H16N2O4S4/c1-2-16-11-6-4-3-5-10(11)9-23(16)13-12(17)15(14(21)22-13)7-8-24(18,19)20/h3-6H,2,7-9H2,1H3,(H,18,19,20). The fourth-order valence-electron chi connectivity index (χ4n) is 2.63. The Morgan fingerprint density at radius 2 is 2.08 bits per heavy atom. The number of fused-ring (bicyclic) bond motifs is 1. The average molecular weight is 405 g/mol. The molecule has 1 unspecified atom stereocenters. The maximum Gasteiger partial charge on any atom is 0.273 e. The van der Waals surface area contributed by atoms with Gasteiger partial charge in [-0.25, -0.2) is 0 Å².